The van der Waals surface area contributed by atoms with E-state index in [1.54, 1.807) is 37.1 Å². The standard InChI is InChI=1S/C29H34F2IN7O2/c1-27(2,41)23-18-39(36-35-23)21-5-6-24(33-25(21)38-15-11-29(30,31)12-16-38)34-26(40)20-4-3-19(32)17-22(20)37-13-9-28(7-8-28)10-14-37/h3-6,17-18,41H,7-16H2,1-2H3,(H,33,34,40). The van der Waals surface area contributed by atoms with Gasteiger partial charge in [0, 0.05) is 42.6 Å². The van der Waals surface area contributed by atoms with Gasteiger partial charge in [0.1, 0.15) is 22.8 Å². The van der Waals surface area contributed by atoms with E-state index in [0.717, 1.165) is 35.2 Å². The van der Waals surface area contributed by atoms with Gasteiger partial charge in [-0.1, -0.05) is 5.21 Å². The Bertz CT molecular complexity index is 1450. The normalized spacial score (nSPS) is 19.9. The molecule has 0 bridgehead atoms. The van der Waals surface area contributed by atoms with Crippen LogP contribution in [0.5, 0.6) is 0 Å². The number of anilines is 3. The molecule has 1 aliphatic carbocycles. The minimum absolute atomic E-state index is 0.106. The molecule has 0 unspecified atom stereocenters. The molecule has 2 aliphatic heterocycles. The number of piperidine rings is 2. The van der Waals surface area contributed by atoms with Crippen molar-refractivity contribution in [2.45, 2.75) is 63.9 Å². The number of amides is 1. The van der Waals surface area contributed by atoms with E-state index in [9.17, 15) is 18.7 Å². The number of carbonyl (C=O) groups excluding carboxylic acids is 1. The molecule has 1 saturated carbocycles. The van der Waals surface area contributed by atoms with Crippen molar-refractivity contribution in [1.82, 2.24) is 20.0 Å². The van der Waals surface area contributed by atoms with Gasteiger partial charge in [-0.3, -0.25) is 4.79 Å². The number of benzene rings is 1. The zero-order valence-corrected chi connectivity index (χ0v) is 25.4. The Morgan fingerprint density at radius 1 is 0.976 bits per heavy atom. The maximum atomic E-state index is 14.0. The first-order valence-electron chi connectivity index (χ1n) is 14.1. The molecular formula is C29H34F2IN7O2. The summed E-state index contributed by atoms with van der Waals surface area (Å²) in [6.45, 7) is 5.30. The molecule has 12 heteroatoms. The van der Waals surface area contributed by atoms with Crippen LogP contribution in [0.4, 0.5) is 26.1 Å². The van der Waals surface area contributed by atoms with Crippen molar-refractivity contribution < 1.29 is 18.7 Å². The molecule has 2 N–H and O–H groups in total. The van der Waals surface area contributed by atoms with E-state index in [1.165, 1.54) is 17.5 Å². The average Bonchev–Trinajstić information content (AvgIpc) is 3.47. The van der Waals surface area contributed by atoms with Crippen LogP contribution in [0.3, 0.4) is 0 Å². The molecule has 0 atom stereocenters. The van der Waals surface area contributed by atoms with E-state index in [2.05, 4.69) is 49.2 Å². The lowest BCUT2D eigenvalue weighted by atomic mass is 9.93. The summed E-state index contributed by atoms with van der Waals surface area (Å²) in [4.78, 5) is 22.4. The summed E-state index contributed by atoms with van der Waals surface area (Å²) < 4.78 is 30.5. The second-order valence-electron chi connectivity index (χ2n) is 12.1. The molecule has 3 aromatic rings. The van der Waals surface area contributed by atoms with Crippen LogP contribution >= 0.6 is 22.6 Å². The van der Waals surface area contributed by atoms with Crippen molar-refractivity contribution >= 4 is 45.8 Å². The van der Waals surface area contributed by atoms with Gasteiger partial charge >= 0.3 is 0 Å². The van der Waals surface area contributed by atoms with Crippen LogP contribution in [0.25, 0.3) is 5.69 Å². The first-order chi connectivity index (χ1) is 19.4. The first-order valence-corrected chi connectivity index (χ1v) is 15.1. The summed E-state index contributed by atoms with van der Waals surface area (Å²) in [7, 11) is 0. The number of halogens is 3. The van der Waals surface area contributed by atoms with Crippen LogP contribution in [0.2, 0.25) is 0 Å². The number of alkyl halides is 2. The Morgan fingerprint density at radius 3 is 2.29 bits per heavy atom. The van der Waals surface area contributed by atoms with Crippen molar-refractivity contribution in [2.24, 2.45) is 5.41 Å². The Morgan fingerprint density at radius 2 is 1.66 bits per heavy atom. The number of aromatic nitrogens is 4. The summed E-state index contributed by atoms with van der Waals surface area (Å²) in [5, 5.41) is 21.6. The van der Waals surface area contributed by atoms with E-state index < -0.39 is 11.5 Å². The second kappa shape index (κ2) is 10.4. The van der Waals surface area contributed by atoms with Gasteiger partial charge in [0.2, 0.25) is 0 Å². The molecule has 0 radical (unpaired) electrons. The second-order valence-corrected chi connectivity index (χ2v) is 13.3. The average molecular weight is 678 g/mol. The smallest absolute Gasteiger partial charge is 0.258 e. The lowest BCUT2D eigenvalue weighted by molar-refractivity contribution is -0.0221. The van der Waals surface area contributed by atoms with Crippen LogP contribution in [0.15, 0.2) is 36.5 Å². The van der Waals surface area contributed by atoms with E-state index in [1.807, 2.05) is 12.1 Å². The number of nitrogens with one attached hydrogen (secondary N) is 1. The van der Waals surface area contributed by atoms with E-state index >= 15 is 0 Å². The maximum Gasteiger partial charge on any atom is 0.258 e. The van der Waals surface area contributed by atoms with Gasteiger partial charge in [-0.2, -0.15) is 0 Å². The van der Waals surface area contributed by atoms with Crippen LogP contribution < -0.4 is 15.1 Å². The van der Waals surface area contributed by atoms with Crippen molar-refractivity contribution in [2.75, 3.05) is 41.3 Å². The largest absolute Gasteiger partial charge is 0.384 e. The van der Waals surface area contributed by atoms with Gasteiger partial charge in [-0.05, 0) is 97.9 Å². The molecule has 2 aromatic heterocycles. The lowest BCUT2D eigenvalue weighted by Crippen LogP contribution is -2.40. The molecule has 41 heavy (non-hydrogen) atoms. The Labute approximate surface area is 251 Å². The highest BCUT2D eigenvalue weighted by Crippen LogP contribution is 2.54. The summed E-state index contributed by atoms with van der Waals surface area (Å²) in [5.74, 6) is -2.27. The Hall–Kier alpha value is -2.87. The van der Waals surface area contributed by atoms with Crippen LogP contribution in [-0.2, 0) is 5.60 Å². The zero-order chi connectivity index (χ0) is 29.0. The molecule has 4 heterocycles. The van der Waals surface area contributed by atoms with Crippen LogP contribution in [-0.4, -0.2) is 63.1 Å². The van der Waals surface area contributed by atoms with Crippen molar-refractivity contribution in [3.8, 4) is 5.69 Å². The highest BCUT2D eigenvalue weighted by atomic mass is 127. The van der Waals surface area contributed by atoms with E-state index in [-0.39, 0.29) is 31.8 Å². The Balaban J connectivity index is 1.29. The summed E-state index contributed by atoms with van der Waals surface area (Å²) in [5.41, 5.74) is 1.70. The highest BCUT2D eigenvalue weighted by Gasteiger charge is 2.44. The maximum absolute atomic E-state index is 14.0. The number of nitrogens with zero attached hydrogens (tertiary/aromatic N) is 6. The third kappa shape index (κ3) is 6.04. The molecule has 2 saturated heterocycles. The number of aliphatic hydroxyl groups is 1. The number of pyridine rings is 1. The van der Waals surface area contributed by atoms with Gasteiger partial charge < -0.3 is 20.2 Å². The molecule has 3 fully saturated rings. The zero-order valence-electron chi connectivity index (χ0n) is 23.2. The molecular weight excluding hydrogens is 643 g/mol. The molecule has 3 aliphatic rings. The van der Waals surface area contributed by atoms with E-state index in [0.29, 0.717) is 34.0 Å². The minimum atomic E-state index is -2.72. The van der Waals surface area contributed by atoms with Crippen LogP contribution in [0.1, 0.15) is 68.4 Å². The predicted octanol–water partition coefficient (Wildman–Crippen LogP) is 5.36. The topological polar surface area (TPSA) is 99.4 Å². The summed E-state index contributed by atoms with van der Waals surface area (Å²) in [6.07, 6.45) is 5.94. The van der Waals surface area contributed by atoms with E-state index in [4.69, 9.17) is 4.98 Å². The molecule has 1 aromatic carbocycles. The predicted molar refractivity (Wildman–Crippen MR) is 161 cm³/mol. The quantitative estimate of drug-likeness (QED) is 0.339. The summed E-state index contributed by atoms with van der Waals surface area (Å²) in [6, 6.07) is 9.24. The lowest BCUT2D eigenvalue weighted by Gasteiger charge is -2.35. The monoisotopic (exact) mass is 677 g/mol. The van der Waals surface area contributed by atoms with Gasteiger partial charge in [0.05, 0.1) is 17.4 Å². The molecule has 1 spiro atoms. The van der Waals surface area contributed by atoms with Crippen molar-refractivity contribution in [3.63, 3.8) is 0 Å². The fourth-order valence-electron chi connectivity index (χ4n) is 5.67. The third-order valence-corrected chi connectivity index (χ3v) is 9.25. The number of rotatable bonds is 6. The summed E-state index contributed by atoms with van der Waals surface area (Å²) >= 11 is 2.27. The fourth-order valence-corrected chi connectivity index (χ4v) is 6.15. The SMILES string of the molecule is CC(C)(O)c1cn(-c2ccc(NC(=O)c3ccc(I)cc3N3CCC4(CC3)CC4)nc2N2CCC(F)(F)CC2)nn1. The third-order valence-electron chi connectivity index (χ3n) is 8.58. The van der Waals surface area contributed by atoms with Gasteiger partial charge in [0.25, 0.3) is 11.8 Å². The Kier molecular flexibility index (Phi) is 7.20. The molecule has 9 nitrogen and oxygen atoms in total. The minimum Gasteiger partial charge on any atom is -0.384 e. The van der Waals surface area contributed by atoms with Crippen LogP contribution in [0, 0.1) is 8.99 Å². The van der Waals surface area contributed by atoms with Crippen molar-refractivity contribution in [1.29, 1.82) is 0 Å². The molecule has 1 amide bonds. The number of hydrogen-bond acceptors (Lipinski definition) is 7. The highest BCUT2D eigenvalue weighted by molar-refractivity contribution is 14.1. The van der Waals surface area contributed by atoms with Gasteiger partial charge in [0.15, 0.2) is 5.82 Å². The molecule has 6 rings (SSSR count). The number of carbonyl (C=O) groups is 1. The molecule has 218 valence electrons. The van der Waals surface area contributed by atoms with Gasteiger partial charge in [-0.15, -0.1) is 5.10 Å². The van der Waals surface area contributed by atoms with Crippen molar-refractivity contribution in [3.05, 3.63) is 51.4 Å². The number of hydrogen-bond donors (Lipinski definition) is 2. The van der Waals surface area contributed by atoms with Gasteiger partial charge in [-0.25, -0.2) is 18.4 Å². The first kappa shape index (κ1) is 28.3. The fraction of sp³-hybridized carbons (Fsp3) is 0.517.